The molecule has 0 aliphatic rings. The van der Waals surface area contributed by atoms with Crippen LogP contribution in [0.5, 0.6) is 0 Å². The monoisotopic (exact) mass is 316 g/mol. The van der Waals surface area contributed by atoms with Crippen molar-refractivity contribution in [3.8, 4) is 0 Å². The van der Waals surface area contributed by atoms with Gasteiger partial charge < -0.3 is 15.3 Å². The summed E-state index contributed by atoms with van der Waals surface area (Å²) < 4.78 is 0. The van der Waals surface area contributed by atoms with Crippen LogP contribution in [0.3, 0.4) is 0 Å². The standard InChI is InChI=1S/C18H36O4/c1-2-3-11-16(19)13-9-10-14-17(20)12-7-5-4-6-8-15-18(21)22/h16-17,19-20H,2-15H2,1H3,(H,21,22). The SMILES string of the molecule is CCCCC(O)CCCCC(O)CCCCCCCC(=O)O. The zero-order valence-corrected chi connectivity index (χ0v) is 14.3. The minimum Gasteiger partial charge on any atom is -0.481 e. The van der Waals surface area contributed by atoms with Crippen LogP contribution in [0.25, 0.3) is 0 Å². The van der Waals surface area contributed by atoms with Crippen LogP contribution in [-0.4, -0.2) is 33.5 Å². The lowest BCUT2D eigenvalue weighted by atomic mass is 10.0. The minimum atomic E-state index is -0.713. The molecule has 0 rings (SSSR count). The normalized spacial score (nSPS) is 14.0. The predicted octanol–water partition coefficient (Wildman–Crippen LogP) is 4.27. The van der Waals surface area contributed by atoms with Gasteiger partial charge in [0, 0.05) is 6.42 Å². The van der Waals surface area contributed by atoms with Crippen LogP contribution in [0.1, 0.15) is 96.8 Å². The number of aliphatic hydroxyl groups excluding tert-OH is 2. The molecule has 3 N–H and O–H groups in total. The highest BCUT2D eigenvalue weighted by Crippen LogP contribution is 2.14. The van der Waals surface area contributed by atoms with Crippen LogP contribution < -0.4 is 0 Å². The zero-order valence-electron chi connectivity index (χ0n) is 14.3. The van der Waals surface area contributed by atoms with Crippen LogP contribution in [0, 0.1) is 0 Å². The number of unbranched alkanes of at least 4 members (excludes halogenated alkanes) is 6. The van der Waals surface area contributed by atoms with E-state index < -0.39 is 5.97 Å². The van der Waals surface area contributed by atoms with Gasteiger partial charge in [0.05, 0.1) is 12.2 Å². The van der Waals surface area contributed by atoms with E-state index >= 15 is 0 Å². The number of hydrogen-bond donors (Lipinski definition) is 3. The molecule has 0 aromatic carbocycles. The molecule has 0 aliphatic heterocycles. The molecule has 0 heterocycles. The first-order valence-electron chi connectivity index (χ1n) is 9.14. The summed E-state index contributed by atoms with van der Waals surface area (Å²) in [6.45, 7) is 2.13. The lowest BCUT2D eigenvalue weighted by molar-refractivity contribution is -0.137. The van der Waals surface area contributed by atoms with Crippen molar-refractivity contribution in [1.29, 1.82) is 0 Å². The van der Waals surface area contributed by atoms with Gasteiger partial charge in [-0.15, -0.1) is 0 Å². The van der Waals surface area contributed by atoms with E-state index in [4.69, 9.17) is 5.11 Å². The van der Waals surface area contributed by atoms with E-state index in [2.05, 4.69) is 6.92 Å². The smallest absolute Gasteiger partial charge is 0.303 e. The minimum absolute atomic E-state index is 0.164. The highest BCUT2D eigenvalue weighted by Gasteiger charge is 2.06. The number of rotatable bonds is 16. The lowest BCUT2D eigenvalue weighted by Crippen LogP contribution is -2.08. The highest BCUT2D eigenvalue weighted by atomic mass is 16.4. The molecular formula is C18H36O4. The molecule has 0 amide bonds. The summed E-state index contributed by atoms with van der Waals surface area (Å²) >= 11 is 0. The molecule has 0 radical (unpaired) electrons. The van der Waals surface area contributed by atoms with Gasteiger partial charge in [0.1, 0.15) is 0 Å². The number of carboxylic acid groups (broad SMARTS) is 1. The summed E-state index contributed by atoms with van der Waals surface area (Å²) in [6, 6.07) is 0. The second kappa shape index (κ2) is 15.3. The molecule has 0 aliphatic carbocycles. The van der Waals surface area contributed by atoms with Crippen LogP contribution in [-0.2, 0) is 4.79 Å². The first-order chi connectivity index (χ1) is 10.6. The Kier molecular flexibility index (Phi) is 14.9. The van der Waals surface area contributed by atoms with E-state index in [1.807, 2.05) is 0 Å². The van der Waals surface area contributed by atoms with Gasteiger partial charge >= 0.3 is 5.97 Å². The Morgan fingerprint density at radius 3 is 1.64 bits per heavy atom. The van der Waals surface area contributed by atoms with E-state index in [1.54, 1.807) is 0 Å². The fraction of sp³-hybridized carbons (Fsp3) is 0.944. The molecule has 4 heteroatoms. The quantitative estimate of drug-likeness (QED) is 0.371. The molecule has 132 valence electrons. The van der Waals surface area contributed by atoms with Crippen molar-refractivity contribution in [2.24, 2.45) is 0 Å². The molecule has 0 spiro atoms. The second-order valence-electron chi connectivity index (χ2n) is 6.43. The number of aliphatic hydroxyl groups is 2. The molecule has 4 nitrogen and oxygen atoms in total. The molecule has 2 unspecified atom stereocenters. The Morgan fingerprint density at radius 2 is 1.14 bits per heavy atom. The van der Waals surface area contributed by atoms with Gasteiger partial charge in [-0.2, -0.15) is 0 Å². The van der Waals surface area contributed by atoms with E-state index in [0.717, 1.165) is 83.5 Å². The number of carboxylic acids is 1. The topological polar surface area (TPSA) is 77.8 Å². The zero-order chi connectivity index (χ0) is 16.6. The van der Waals surface area contributed by atoms with Gasteiger partial charge in [0.25, 0.3) is 0 Å². The van der Waals surface area contributed by atoms with Crippen molar-refractivity contribution in [3.63, 3.8) is 0 Å². The fourth-order valence-corrected chi connectivity index (χ4v) is 2.67. The van der Waals surface area contributed by atoms with Crippen molar-refractivity contribution < 1.29 is 20.1 Å². The van der Waals surface area contributed by atoms with E-state index in [0.29, 0.717) is 0 Å². The molecule has 2 atom stereocenters. The fourth-order valence-electron chi connectivity index (χ4n) is 2.67. The second-order valence-corrected chi connectivity index (χ2v) is 6.43. The third-order valence-electron chi connectivity index (χ3n) is 4.14. The molecule has 0 bridgehead atoms. The summed E-state index contributed by atoms with van der Waals surface area (Å²) in [5, 5.41) is 28.1. The summed E-state index contributed by atoms with van der Waals surface area (Å²) in [4.78, 5) is 10.3. The first-order valence-corrected chi connectivity index (χ1v) is 9.14. The predicted molar refractivity (Wildman–Crippen MR) is 90.0 cm³/mol. The molecule has 0 aromatic rings. The molecule has 0 saturated heterocycles. The van der Waals surface area contributed by atoms with E-state index in [1.165, 1.54) is 0 Å². The Bertz CT molecular complexity index is 255. The summed E-state index contributed by atoms with van der Waals surface area (Å²) in [6.07, 6.45) is 12.4. The van der Waals surface area contributed by atoms with Crippen molar-refractivity contribution in [2.75, 3.05) is 0 Å². The maximum Gasteiger partial charge on any atom is 0.303 e. The summed E-state index contributed by atoms with van der Waals surface area (Å²) in [7, 11) is 0. The van der Waals surface area contributed by atoms with Crippen molar-refractivity contribution >= 4 is 5.97 Å². The third-order valence-corrected chi connectivity index (χ3v) is 4.14. The van der Waals surface area contributed by atoms with Crippen LogP contribution in [0.15, 0.2) is 0 Å². The largest absolute Gasteiger partial charge is 0.481 e. The average Bonchev–Trinajstić information content (AvgIpc) is 2.48. The van der Waals surface area contributed by atoms with Gasteiger partial charge in [-0.1, -0.05) is 58.3 Å². The van der Waals surface area contributed by atoms with E-state index in [-0.39, 0.29) is 18.6 Å². The lowest BCUT2D eigenvalue weighted by Gasteiger charge is -2.12. The van der Waals surface area contributed by atoms with Crippen LogP contribution in [0.4, 0.5) is 0 Å². The molecule has 0 aromatic heterocycles. The van der Waals surface area contributed by atoms with Gasteiger partial charge in [0.2, 0.25) is 0 Å². The summed E-state index contributed by atoms with van der Waals surface area (Å²) in [5.74, 6) is -0.713. The van der Waals surface area contributed by atoms with Gasteiger partial charge in [-0.05, 0) is 32.1 Å². The molecular weight excluding hydrogens is 280 g/mol. The van der Waals surface area contributed by atoms with Gasteiger partial charge in [-0.25, -0.2) is 0 Å². The molecule has 0 fully saturated rings. The Balaban J connectivity index is 3.29. The maximum absolute atomic E-state index is 10.3. The van der Waals surface area contributed by atoms with Gasteiger partial charge in [0.15, 0.2) is 0 Å². The average molecular weight is 316 g/mol. The first kappa shape index (κ1) is 21.4. The van der Waals surface area contributed by atoms with Crippen LogP contribution >= 0.6 is 0 Å². The molecule has 22 heavy (non-hydrogen) atoms. The Morgan fingerprint density at radius 1 is 0.727 bits per heavy atom. The van der Waals surface area contributed by atoms with E-state index in [9.17, 15) is 15.0 Å². The summed E-state index contributed by atoms with van der Waals surface area (Å²) in [5.41, 5.74) is 0. The maximum atomic E-state index is 10.3. The Labute approximate surface area is 135 Å². The van der Waals surface area contributed by atoms with Crippen molar-refractivity contribution in [2.45, 2.75) is 109 Å². The molecule has 0 saturated carbocycles. The van der Waals surface area contributed by atoms with Crippen molar-refractivity contribution in [1.82, 2.24) is 0 Å². The third kappa shape index (κ3) is 15.8. The van der Waals surface area contributed by atoms with Crippen LogP contribution in [0.2, 0.25) is 0 Å². The number of carbonyl (C=O) groups is 1. The number of hydrogen-bond acceptors (Lipinski definition) is 3. The van der Waals surface area contributed by atoms with Gasteiger partial charge in [-0.3, -0.25) is 4.79 Å². The Hall–Kier alpha value is -0.610. The highest BCUT2D eigenvalue weighted by molar-refractivity contribution is 5.66. The van der Waals surface area contributed by atoms with Crippen molar-refractivity contribution in [3.05, 3.63) is 0 Å². The number of aliphatic carboxylic acids is 1.